The summed E-state index contributed by atoms with van der Waals surface area (Å²) in [5.74, 6) is 0. The highest BCUT2D eigenvalue weighted by Gasteiger charge is 2.41. The van der Waals surface area contributed by atoms with Gasteiger partial charge in [-0.2, -0.15) is 0 Å². The Morgan fingerprint density at radius 2 is 2.11 bits per heavy atom. The van der Waals surface area contributed by atoms with Crippen LogP contribution in [0.2, 0.25) is 5.02 Å². The van der Waals surface area contributed by atoms with Crippen LogP contribution in [0, 0.1) is 0 Å². The minimum atomic E-state index is 0.220. The first-order chi connectivity index (χ1) is 9.17. The van der Waals surface area contributed by atoms with E-state index in [9.17, 15) is 0 Å². The van der Waals surface area contributed by atoms with Gasteiger partial charge >= 0.3 is 0 Å². The topological polar surface area (TPSA) is 21.3 Å². The van der Waals surface area contributed by atoms with Crippen LogP contribution < -0.4 is 5.32 Å². The Morgan fingerprint density at radius 1 is 1.32 bits per heavy atom. The highest BCUT2D eigenvalue weighted by Crippen LogP contribution is 2.43. The molecule has 1 heterocycles. The van der Waals surface area contributed by atoms with Crippen molar-refractivity contribution in [3.8, 4) is 0 Å². The van der Waals surface area contributed by atoms with Crippen molar-refractivity contribution < 1.29 is 4.74 Å². The Morgan fingerprint density at radius 3 is 2.89 bits per heavy atom. The van der Waals surface area contributed by atoms with Gasteiger partial charge in [-0.3, -0.25) is 0 Å². The van der Waals surface area contributed by atoms with Crippen molar-refractivity contribution in [3.05, 3.63) is 27.7 Å². The predicted molar refractivity (Wildman–Crippen MR) is 82.9 cm³/mol. The molecule has 1 aromatic rings. The first-order valence-corrected chi connectivity index (χ1v) is 8.21. The first-order valence-electron chi connectivity index (χ1n) is 7.04. The number of hydrogen-bond donors (Lipinski definition) is 1. The molecule has 2 fully saturated rings. The molecule has 0 amide bonds. The van der Waals surface area contributed by atoms with Crippen molar-refractivity contribution in [2.75, 3.05) is 11.9 Å². The molecule has 1 atom stereocenters. The Balaban J connectivity index is 1.57. The van der Waals surface area contributed by atoms with Crippen molar-refractivity contribution in [2.45, 2.75) is 50.2 Å². The van der Waals surface area contributed by atoms with Gasteiger partial charge in [0, 0.05) is 21.7 Å². The van der Waals surface area contributed by atoms with Crippen molar-refractivity contribution in [1.82, 2.24) is 0 Å². The maximum Gasteiger partial charge on any atom is 0.0756 e. The van der Waals surface area contributed by atoms with E-state index >= 15 is 0 Å². The number of ether oxygens (including phenoxy) is 1. The van der Waals surface area contributed by atoms with Crippen molar-refractivity contribution in [1.29, 1.82) is 0 Å². The lowest BCUT2D eigenvalue weighted by molar-refractivity contribution is -0.0307. The Labute approximate surface area is 128 Å². The summed E-state index contributed by atoms with van der Waals surface area (Å²) in [4.78, 5) is 0. The number of rotatable bonds is 3. The van der Waals surface area contributed by atoms with Gasteiger partial charge in [0.25, 0.3) is 0 Å². The number of benzene rings is 1. The molecule has 1 unspecified atom stereocenters. The lowest BCUT2D eigenvalue weighted by atomic mass is 9.98. The molecule has 1 aliphatic heterocycles. The summed E-state index contributed by atoms with van der Waals surface area (Å²) in [6.45, 7) is 0.862. The van der Waals surface area contributed by atoms with Gasteiger partial charge in [0.15, 0.2) is 0 Å². The molecule has 104 valence electrons. The zero-order chi connectivity index (χ0) is 13.3. The monoisotopic (exact) mass is 343 g/mol. The van der Waals surface area contributed by atoms with Crippen molar-refractivity contribution >= 4 is 33.2 Å². The summed E-state index contributed by atoms with van der Waals surface area (Å²) in [6, 6.07) is 5.81. The normalized spacial score (nSPS) is 25.1. The molecule has 2 nitrogen and oxygen atoms in total. The van der Waals surface area contributed by atoms with E-state index in [1.807, 2.05) is 18.2 Å². The first kappa shape index (κ1) is 13.7. The average Bonchev–Trinajstić information content (AvgIpc) is 3.02. The molecule has 0 radical (unpaired) electrons. The van der Waals surface area contributed by atoms with E-state index < -0.39 is 0 Å². The Hall–Kier alpha value is -0.250. The molecule has 1 aromatic carbocycles. The van der Waals surface area contributed by atoms with Gasteiger partial charge in [-0.05, 0) is 59.8 Å². The molecular formula is C15H19BrClNO. The third-order valence-electron chi connectivity index (χ3n) is 4.30. The summed E-state index contributed by atoms with van der Waals surface area (Å²) in [6.07, 6.45) is 7.92. The maximum absolute atomic E-state index is 6.29. The SMILES string of the molecule is Clc1ccc(Br)c(NCC2CCC3(CCCC3)O2)c1. The molecule has 4 heteroatoms. The molecule has 19 heavy (non-hydrogen) atoms. The van der Waals surface area contributed by atoms with Crippen LogP contribution in [-0.2, 0) is 4.74 Å². The second kappa shape index (κ2) is 5.63. The average molecular weight is 345 g/mol. The van der Waals surface area contributed by atoms with Crippen LogP contribution in [0.15, 0.2) is 22.7 Å². The van der Waals surface area contributed by atoms with Crippen LogP contribution in [-0.4, -0.2) is 18.2 Å². The minimum absolute atomic E-state index is 0.220. The summed E-state index contributed by atoms with van der Waals surface area (Å²) in [5.41, 5.74) is 1.27. The van der Waals surface area contributed by atoms with Gasteiger partial charge in [0.05, 0.1) is 11.7 Å². The van der Waals surface area contributed by atoms with Gasteiger partial charge in [0.1, 0.15) is 0 Å². The minimum Gasteiger partial charge on any atom is -0.381 e. The number of hydrogen-bond acceptors (Lipinski definition) is 2. The third-order valence-corrected chi connectivity index (χ3v) is 5.23. The standard InChI is InChI=1S/C15H19BrClNO/c16-13-4-3-11(17)9-14(13)18-10-12-5-8-15(19-12)6-1-2-7-15/h3-4,9,12,18H,1-2,5-8,10H2. The molecule has 1 aliphatic carbocycles. The Kier molecular flexibility index (Phi) is 4.06. The fourth-order valence-electron chi connectivity index (χ4n) is 3.28. The number of anilines is 1. The number of nitrogens with one attached hydrogen (secondary N) is 1. The lowest BCUT2D eigenvalue weighted by Crippen LogP contribution is -2.27. The van der Waals surface area contributed by atoms with Crippen LogP contribution in [0.4, 0.5) is 5.69 Å². The summed E-state index contributed by atoms with van der Waals surface area (Å²) >= 11 is 9.56. The molecule has 1 saturated carbocycles. The third kappa shape index (κ3) is 3.09. The van der Waals surface area contributed by atoms with E-state index in [0.717, 1.165) is 21.7 Å². The molecule has 0 aromatic heterocycles. The van der Waals surface area contributed by atoms with Gasteiger partial charge in [0.2, 0.25) is 0 Å². The summed E-state index contributed by atoms with van der Waals surface area (Å²) < 4.78 is 7.34. The van der Waals surface area contributed by atoms with Gasteiger partial charge < -0.3 is 10.1 Å². The van der Waals surface area contributed by atoms with Crippen LogP contribution in [0.1, 0.15) is 38.5 Å². The second-order valence-corrected chi connectivity index (χ2v) is 6.96. The molecule has 1 spiro atoms. The summed E-state index contributed by atoms with van der Waals surface area (Å²) in [5, 5.41) is 4.20. The van der Waals surface area contributed by atoms with Crippen molar-refractivity contribution in [2.24, 2.45) is 0 Å². The molecule has 0 bridgehead atoms. The smallest absolute Gasteiger partial charge is 0.0756 e. The predicted octanol–water partition coefficient (Wildman–Crippen LogP) is 5.01. The Bertz CT molecular complexity index is 459. The quantitative estimate of drug-likeness (QED) is 0.832. The highest BCUT2D eigenvalue weighted by atomic mass is 79.9. The van der Waals surface area contributed by atoms with Crippen LogP contribution >= 0.6 is 27.5 Å². The fraction of sp³-hybridized carbons (Fsp3) is 0.600. The van der Waals surface area contributed by atoms with E-state index in [4.69, 9.17) is 16.3 Å². The fourth-order valence-corrected chi connectivity index (χ4v) is 3.84. The van der Waals surface area contributed by atoms with Gasteiger partial charge in [-0.25, -0.2) is 0 Å². The molecular weight excluding hydrogens is 326 g/mol. The van der Waals surface area contributed by atoms with E-state index in [1.165, 1.54) is 38.5 Å². The molecule has 2 aliphatic rings. The molecule has 1 N–H and O–H groups in total. The maximum atomic E-state index is 6.29. The zero-order valence-electron chi connectivity index (χ0n) is 10.9. The highest BCUT2D eigenvalue weighted by molar-refractivity contribution is 9.10. The number of halogens is 2. The van der Waals surface area contributed by atoms with Crippen LogP contribution in [0.5, 0.6) is 0 Å². The van der Waals surface area contributed by atoms with Crippen molar-refractivity contribution in [3.63, 3.8) is 0 Å². The molecule has 3 rings (SSSR count). The lowest BCUT2D eigenvalue weighted by Gasteiger charge is -2.24. The molecule has 1 saturated heterocycles. The van der Waals surface area contributed by atoms with E-state index in [2.05, 4.69) is 21.2 Å². The second-order valence-electron chi connectivity index (χ2n) is 5.67. The largest absolute Gasteiger partial charge is 0.381 e. The van der Waals surface area contributed by atoms with Crippen LogP contribution in [0.3, 0.4) is 0 Å². The van der Waals surface area contributed by atoms with E-state index in [1.54, 1.807) is 0 Å². The zero-order valence-corrected chi connectivity index (χ0v) is 13.3. The van der Waals surface area contributed by atoms with Gasteiger partial charge in [-0.15, -0.1) is 0 Å². The van der Waals surface area contributed by atoms with Crippen LogP contribution in [0.25, 0.3) is 0 Å². The van der Waals surface area contributed by atoms with E-state index in [0.29, 0.717) is 6.10 Å². The summed E-state index contributed by atoms with van der Waals surface area (Å²) in [7, 11) is 0. The van der Waals surface area contributed by atoms with Gasteiger partial charge in [-0.1, -0.05) is 24.4 Å². The van der Waals surface area contributed by atoms with E-state index in [-0.39, 0.29) is 5.60 Å².